The highest BCUT2D eigenvalue weighted by Gasteiger charge is 2.40. The van der Waals surface area contributed by atoms with Gasteiger partial charge >= 0.3 is 0 Å². The number of hydrogen-bond acceptors (Lipinski definition) is 5. The molecule has 0 saturated carbocycles. The molecule has 0 aromatic heterocycles. The molecule has 0 radical (unpaired) electrons. The molecule has 156 valence electrons. The van der Waals surface area contributed by atoms with Crippen molar-refractivity contribution in [1.29, 1.82) is 0 Å². The SMILES string of the molecule is CCC(C)(C)[C@@H]1COCCOCCOCCOCCOC[C@H]1C(C)(C)C. The van der Waals surface area contributed by atoms with Crippen LogP contribution in [0.25, 0.3) is 0 Å². The molecule has 26 heavy (non-hydrogen) atoms. The van der Waals surface area contributed by atoms with E-state index < -0.39 is 0 Å². The van der Waals surface area contributed by atoms with Crippen molar-refractivity contribution in [2.75, 3.05) is 66.1 Å². The van der Waals surface area contributed by atoms with Crippen LogP contribution in [-0.2, 0) is 23.7 Å². The van der Waals surface area contributed by atoms with Crippen LogP contribution < -0.4 is 0 Å². The fourth-order valence-corrected chi connectivity index (χ4v) is 3.32. The Morgan fingerprint density at radius 3 is 1.27 bits per heavy atom. The van der Waals surface area contributed by atoms with Gasteiger partial charge in [-0.3, -0.25) is 0 Å². The first-order chi connectivity index (χ1) is 12.3. The quantitative estimate of drug-likeness (QED) is 0.736. The summed E-state index contributed by atoms with van der Waals surface area (Å²) >= 11 is 0. The van der Waals surface area contributed by atoms with E-state index in [0.717, 1.165) is 19.6 Å². The van der Waals surface area contributed by atoms with E-state index in [1.165, 1.54) is 0 Å². The molecule has 0 aromatic carbocycles. The van der Waals surface area contributed by atoms with Crippen molar-refractivity contribution >= 4 is 0 Å². The van der Waals surface area contributed by atoms with Gasteiger partial charge in [-0.2, -0.15) is 0 Å². The molecule has 2 atom stereocenters. The number of hydrogen-bond donors (Lipinski definition) is 0. The second-order valence-electron chi connectivity index (χ2n) is 8.91. The van der Waals surface area contributed by atoms with E-state index in [1.54, 1.807) is 0 Å². The maximum atomic E-state index is 6.04. The second kappa shape index (κ2) is 12.3. The van der Waals surface area contributed by atoms with Crippen LogP contribution in [0.4, 0.5) is 0 Å². The predicted molar refractivity (Wildman–Crippen MR) is 105 cm³/mol. The smallest absolute Gasteiger partial charge is 0.0701 e. The molecular weight excluding hydrogens is 332 g/mol. The highest BCUT2D eigenvalue weighted by atomic mass is 16.6. The third-order valence-corrected chi connectivity index (χ3v) is 5.60. The summed E-state index contributed by atoms with van der Waals surface area (Å²) in [5, 5.41) is 0. The van der Waals surface area contributed by atoms with Crippen LogP contribution in [-0.4, -0.2) is 66.1 Å². The Morgan fingerprint density at radius 1 is 0.577 bits per heavy atom. The fraction of sp³-hybridized carbons (Fsp3) is 1.00. The Labute approximate surface area is 161 Å². The van der Waals surface area contributed by atoms with Gasteiger partial charge in [-0.05, 0) is 22.7 Å². The minimum atomic E-state index is 0.147. The summed E-state index contributed by atoms with van der Waals surface area (Å²) in [5.74, 6) is 0.838. The second-order valence-corrected chi connectivity index (χ2v) is 8.91. The topological polar surface area (TPSA) is 46.2 Å². The summed E-state index contributed by atoms with van der Waals surface area (Å²) in [4.78, 5) is 0. The first-order valence-electron chi connectivity index (χ1n) is 10.2. The molecule has 1 aliphatic rings. The zero-order valence-corrected chi connectivity index (χ0v) is 18.0. The van der Waals surface area contributed by atoms with Crippen LogP contribution in [0.3, 0.4) is 0 Å². The molecule has 0 aliphatic carbocycles. The molecule has 1 saturated heterocycles. The van der Waals surface area contributed by atoms with E-state index in [0.29, 0.717) is 64.7 Å². The van der Waals surface area contributed by atoms with Crippen molar-refractivity contribution in [1.82, 2.24) is 0 Å². The number of ether oxygens (including phenoxy) is 5. The van der Waals surface area contributed by atoms with Crippen molar-refractivity contribution in [3.8, 4) is 0 Å². The summed E-state index contributed by atoms with van der Waals surface area (Å²) in [6.07, 6.45) is 1.12. The summed E-state index contributed by atoms with van der Waals surface area (Å²) < 4.78 is 28.7. The monoisotopic (exact) mass is 374 g/mol. The highest BCUT2D eigenvalue weighted by Crippen LogP contribution is 2.43. The van der Waals surface area contributed by atoms with Gasteiger partial charge in [0.15, 0.2) is 0 Å². The molecule has 0 bridgehead atoms. The first-order valence-corrected chi connectivity index (χ1v) is 10.2. The molecule has 0 N–H and O–H groups in total. The molecular formula is C21H42O5. The van der Waals surface area contributed by atoms with Crippen LogP contribution >= 0.6 is 0 Å². The van der Waals surface area contributed by atoms with Crippen LogP contribution in [0, 0.1) is 22.7 Å². The van der Waals surface area contributed by atoms with E-state index in [-0.39, 0.29) is 10.8 Å². The van der Waals surface area contributed by atoms with Gasteiger partial charge in [-0.25, -0.2) is 0 Å². The summed E-state index contributed by atoms with van der Waals surface area (Å²) in [7, 11) is 0. The van der Waals surface area contributed by atoms with Crippen LogP contribution in [0.5, 0.6) is 0 Å². The molecule has 1 rings (SSSR count). The minimum absolute atomic E-state index is 0.147. The normalized spacial score (nSPS) is 27.0. The van der Waals surface area contributed by atoms with Gasteiger partial charge in [0.05, 0.1) is 66.1 Å². The van der Waals surface area contributed by atoms with Crippen molar-refractivity contribution in [2.24, 2.45) is 22.7 Å². The largest absolute Gasteiger partial charge is 0.379 e. The maximum Gasteiger partial charge on any atom is 0.0701 e. The third-order valence-electron chi connectivity index (χ3n) is 5.60. The molecule has 1 heterocycles. The van der Waals surface area contributed by atoms with Gasteiger partial charge in [-0.1, -0.05) is 48.0 Å². The van der Waals surface area contributed by atoms with E-state index >= 15 is 0 Å². The van der Waals surface area contributed by atoms with Crippen molar-refractivity contribution in [3.63, 3.8) is 0 Å². The standard InChI is InChI=1S/C21H42O5/c1-7-21(5,6)19-17-26-15-13-24-11-9-22-8-10-23-12-14-25-16-18(19)20(2,3)4/h18-19H,7-17H2,1-6H3/t18-,19-/m1/s1. The number of rotatable bonds is 2. The molecule has 1 fully saturated rings. The van der Waals surface area contributed by atoms with Gasteiger partial charge in [0.1, 0.15) is 0 Å². The van der Waals surface area contributed by atoms with Gasteiger partial charge < -0.3 is 23.7 Å². The molecule has 0 unspecified atom stereocenters. The Hall–Kier alpha value is -0.200. The van der Waals surface area contributed by atoms with Gasteiger partial charge in [0.2, 0.25) is 0 Å². The average Bonchev–Trinajstić information content (AvgIpc) is 2.57. The van der Waals surface area contributed by atoms with Crippen LogP contribution in [0.1, 0.15) is 48.0 Å². The van der Waals surface area contributed by atoms with Crippen molar-refractivity contribution in [2.45, 2.75) is 48.0 Å². The minimum Gasteiger partial charge on any atom is -0.379 e. The van der Waals surface area contributed by atoms with Crippen LogP contribution in [0.15, 0.2) is 0 Å². The van der Waals surface area contributed by atoms with Gasteiger partial charge in [-0.15, -0.1) is 0 Å². The summed E-state index contributed by atoms with van der Waals surface area (Å²) in [6.45, 7) is 20.2. The van der Waals surface area contributed by atoms with E-state index in [1.807, 2.05) is 0 Å². The van der Waals surface area contributed by atoms with Crippen LogP contribution in [0.2, 0.25) is 0 Å². The highest BCUT2D eigenvalue weighted by molar-refractivity contribution is 4.88. The average molecular weight is 375 g/mol. The van der Waals surface area contributed by atoms with Crippen molar-refractivity contribution < 1.29 is 23.7 Å². The lowest BCUT2D eigenvalue weighted by molar-refractivity contribution is -0.0672. The van der Waals surface area contributed by atoms with E-state index in [9.17, 15) is 0 Å². The predicted octanol–water partition coefficient (Wildman–Crippen LogP) is 3.80. The van der Waals surface area contributed by atoms with Gasteiger partial charge in [0.25, 0.3) is 0 Å². The Morgan fingerprint density at radius 2 is 0.923 bits per heavy atom. The molecule has 0 aromatic rings. The molecule has 5 nitrogen and oxygen atoms in total. The lowest BCUT2D eigenvalue weighted by Gasteiger charge is -2.44. The molecule has 5 heteroatoms. The zero-order chi connectivity index (χ0) is 19.5. The fourth-order valence-electron chi connectivity index (χ4n) is 3.32. The van der Waals surface area contributed by atoms with Crippen molar-refractivity contribution in [3.05, 3.63) is 0 Å². The summed E-state index contributed by atoms with van der Waals surface area (Å²) in [5.41, 5.74) is 0.337. The molecule has 1 aliphatic heterocycles. The zero-order valence-electron chi connectivity index (χ0n) is 18.0. The first kappa shape index (κ1) is 23.8. The van der Waals surface area contributed by atoms with E-state index in [4.69, 9.17) is 23.7 Å². The van der Waals surface area contributed by atoms with Gasteiger partial charge in [0, 0.05) is 0 Å². The Bertz CT molecular complexity index is 351. The molecule has 0 spiro atoms. The maximum absolute atomic E-state index is 6.04. The third kappa shape index (κ3) is 9.14. The lowest BCUT2D eigenvalue weighted by atomic mass is 9.63. The molecule has 0 amide bonds. The van der Waals surface area contributed by atoms with E-state index in [2.05, 4.69) is 41.5 Å². The Kier molecular flexibility index (Phi) is 11.3. The lowest BCUT2D eigenvalue weighted by Crippen LogP contribution is -2.42. The Balaban J connectivity index is 2.78. The summed E-state index contributed by atoms with van der Waals surface area (Å²) in [6, 6.07) is 0.